The number of piperazine rings is 1. The van der Waals surface area contributed by atoms with Gasteiger partial charge in [-0.15, -0.1) is 0 Å². The number of hydrogen-bond donors (Lipinski definition) is 0. The molecule has 0 radical (unpaired) electrons. The Kier molecular flexibility index (Phi) is 3.14. The minimum atomic E-state index is -0.360. The van der Waals surface area contributed by atoms with E-state index in [1.807, 2.05) is 11.9 Å². The predicted octanol–water partition coefficient (Wildman–Crippen LogP) is -0.456. The molecule has 2 rings (SSSR count). The van der Waals surface area contributed by atoms with Crippen molar-refractivity contribution in [2.75, 3.05) is 33.2 Å². The van der Waals surface area contributed by atoms with Crippen molar-refractivity contribution < 1.29 is 9.59 Å². The Morgan fingerprint density at radius 3 is 2.62 bits per heavy atom. The van der Waals surface area contributed by atoms with Crippen molar-refractivity contribution in [3.63, 3.8) is 0 Å². The van der Waals surface area contributed by atoms with Gasteiger partial charge in [0.15, 0.2) is 0 Å². The van der Waals surface area contributed by atoms with Gasteiger partial charge < -0.3 is 9.80 Å². The molecule has 86 valence electrons. The van der Waals surface area contributed by atoms with Gasteiger partial charge in [0.1, 0.15) is 0 Å². The van der Waals surface area contributed by atoms with Crippen LogP contribution in [0.5, 0.6) is 0 Å². The second kappa shape index (κ2) is 4.57. The first-order chi connectivity index (χ1) is 7.66. The molecule has 1 atom stereocenters. The van der Waals surface area contributed by atoms with Crippen LogP contribution < -0.4 is 0 Å². The molecule has 1 saturated heterocycles. The third kappa shape index (κ3) is 2.36. The van der Waals surface area contributed by atoms with E-state index in [2.05, 4.69) is 9.89 Å². The van der Waals surface area contributed by atoms with Gasteiger partial charge in [-0.3, -0.25) is 9.59 Å². The highest BCUT2D eigenvalue weighted by molar-refractivity contribution is 6.05. The number of carbonyl (C=O) groups is 2. The molecule has 0 spiro atoms. The van der Waals surface area contributed by atoms with Crippen molar-refractivity contribution in [1.82, 2.24) is 9.80 Å². The van der Waals surface area contributed by atoms with E-state index in [-0.39, 0.29) is 17.7 Å². The molecule has 1 unspecified atom stereocenters. The molecule has 0 N–H and O–H groups in total. The molecule has 5 heteroatoms. The lowest BCUT2D eigenvalue weighted by atomic mass is 10.1. The minimum absolute atomic E-state index is 0.0422. The molecular weight excluding hydrogens is 206 g/mol. The summed E-state index contributed by atoms with van der Waals surface area (Å²) in [6, 6.07) is 0. The van der Waals surface area contributed by atoms with Gasteiger partial charge in [-0.1, -0.05) is 6.08 Å². The topological polar surface area (TPSA) is 53.0 Å². The van der Waals surface area contributed by atoms with Gasteiger partial charge in [0.25, 0.3) is 5.91 Å². The molecule has 0 aromatic heterocycles. The normalized spacial score (nSPS) is 26.2. The lowest BCUT2D eigenvalue weighted by Gasteiger charge is -2.33. The molecule has 2 aliphatic heterocycles. The van der Waals surface area contributed by atoms with E-state index < -0.39 is 0 Å². The van der Waals surface area contributed by atoms with Crippen molar-refractivity contribution in [1.29, 1.82) is 0 Å². The molecular formula is C11H15N3O2. The number of nitrogens with zero attached hydrogens (tertiary/aromatic N) is 3. The molecule has 0 aromatic rings. The van der Waals surface area contributed by atoms with E-state index in [1.165, 1.54) is 12.3 Å². The Morgan fingerprint density at radius 1 is 1.38 bits per heavy atom. The van der Waals surface area contributed by atoms with E-state index in [0.29, 0.717) is 0 Å². The zero-order valence-corrected chi connectivity index (χ0v) is 9.30. The van der Waals surface area contributed by atoms with Gasteiger partial charge in [0, 0.05) is 38.5 Å². The lowest BCUT2D eigenvalue weighted by molar-refractivity contribution is -0.133. The summed E-state index contributed by atoms with van der Waals surface area (Å²) in [4.78, 5) is 30.5. The highest BCUT2D eigenvalue weighted by Gasteiger charge is 2.25. The Balaban J connectivity index is 1.95. The molecule has 0 bridgehead atoms. The summed E-state index contributed by atoms with van der Waals surface area (Å²) in [5.74, 6) is -0.607. The summed E-state index contributed by atoms with van der Waals surface area (Å²) in [7, 11) is 2.04. The second-order valence-corrected chi connectivity index (χ2v) is 4.13. The van der Waals surface area contributed by atoms with Crippen molar-refractivity contribution in [2.45, 2.75) is 0 Å². The van der Waals surface area contributed by atoms with Crippen LogP contribution in [0.2, 0.25) is 0 Å². The number of amides is 2. The molecule has 0 aliphatic carbocycles. The standard InChI is InChI=1S/C11H15N3O2/c1-13-4-6-14(7-5-13)11(16)9-2-3-10(15)12-8-9/h2-3,8-9H,4-7H2,1H3. The fourth-order valence-corrected chi connectivity index (χ4v) is 1.82. The number of carbonyl (C=O) groups excluding carboxylic acids is 2. The number of dihydropyridines is 1. The van der Waals surface area contributed by atoms with Crippen LogP contribution in [0.15, 0.2) is 17.1 Å². The van der Waals surface area contributed by atoms with E-state index in [1.54, 1.807) is 6.08 Å². The van der Waals surface area contributed by atoms with Gasteiger partial charge >= 0.3 is 0 Å². The number of rotatable bonds is 1. The van der Waals surface area contributed by atoms with Crippen molar-refractivity contribution in [2.24, 2.45) is 10.9 Å². The van der Waals surface area contributed by atoms with Crippen LogP contribution in [0.3, 0.4) is 0 Å². The smallest absolute Gasteiger partial charge is 0.269 e. The summed E-state index contributed by atoms with van der Waals surface area (Å²) in [5, 5.41) is 0. The first-order valence-corrected chi connectivity index (χ1v) is 5.40. The molecule has 2 heterocycles. The summed E-state index contributed by atoms with van der Waals surface area (Å²) < 4.78 is 0. The maximum Gasteiger partial charge on any atom is 0.269 e. The molecule has 2 aliphatic rings. The Morgan fingerprint density at radius 2 is 2.06 bits per heavy atom. The van der Waals surface area contributed by atoms with Gasteiger partial charge in [-0.25, -0.2) is 4.99 Å². The number of aliphatic imine (C=N–C) groups is 1. The van der Waals surface area contributed by atoms with Gasteiger partial charge in [-0.05, 0) is 7.05 Å². The van der Waals surface area contributed by atoms with Crippen LogP contribution in [-0.2, 0) is 9.59 Å². The number of hydrogen-bond acceptors (Lipinski definition) is 3. The third-order valence-electron chi connectivity index (χ3n) is 2.91. The lowest BCUT2D eigenvalue weighted by Crippen LogP contribution is -2.49. The molecule has 0 aromatic carbocycles. The summed E-state index contributed by atoms with van der Waals surface area (Å²) in [5.41, 5.74) is 0. The fourth-order valence-electron chi connectivity index (χ4n) is 1.82. The summed E-state index contributed by atoms with van der Waals surface area (Å²) >= 11 is 0. The zero-order chi connectivity index (χ0) is 11.5. The van der Waals surface area contributed by atoms with Crippen LogP contribution in [0.25, 0.3) is 0 Å². The monoisotopic (exact) mass is 221 g/mol. The second-order valence-electron chi connectivity index (χ2n) is 4.13. The average molecular weight is 221 g/mol. The Labute approximate surface area is 94.4 Å². The van der Waals surface area contributed by atoms with Gasteiger partial charge in [0.05, 0.1) is 5.92 Å². The van der Waals surface area contributed by atoms with Gasteiger partial charge in [-0.2, -0.15) is 0 Å². The first kappa shape index (κ1) is 11.0. The van der Waals surface area contributed by atoms with Crippen molar-refractivity contribution >= 4 is 18.0 Å². The quantitative estimate of drug-likeness (QED) is 0.602. The highest BCUT2D eigenvalue weighted by Crippen LogP contribution is 2.09. The molecule has 1 fully saturated rings. The predicted molar refractivity (Wildman–Crippen MR) is 60.2 cm³/mol. The van der Waals surface area contributed by atoms with Crippen LogP contribution in [0.1, 0.15) is 0 Å². The minimum Gasteiger partial charge on any atom is -0.339 e. The molecule has 2 amide bonds. The third-order valence-corrected chi connectivity index (χ3v) is 2.91. The van der Waals surface area contributed by atoms with Crippen molar-refractivity contribution in [3.05, 3.63) is 12.2 Å². The highest BCUT2D eigenvalue weighted by atomic mass is 16.2. The molecule has 16 heavy (non-hydrogen) atoms. The molecule has 0 saturated carbocycles. The Bertz CT molecular complexity index is 338. The van der Waals surface area contributed by atoms with Gasteiger partial charge in [0.2, 0.25) is 5.91 Å². The van der Waals surface area contributed by atoms with Crippen molar-refractivity contribution in [3.8, 4) is 0 Å². The van der Waals surface area contributed by atoms with E-state index in [9.17, 15) is 9.59 Å². The van der Waals surface area contributed by atoms with Crippen LogP contribution >= 0.6 is 0 Å². The van der Waals surface area contributed by atoms with Crippen LogP contribution in [0, 0.1) is 5.92 Å². The average Bonchev–Trinajstić information content (AvgIpc) is 2.30. The largest absolute Gasteiger partial charge is 0.339 e. The van der Waals surface area contributed by atoms with E-state index >= 15 is 0 Å². The fraction of sp³-hybridized carbons (Fsp3) is 0.545. The molecule has 5 nitrogen and oxygen atoms in total. The number of likely N-dealkylation sites (N-methyl/N-ethyl adjacent to an activating group) is 1. The summed E-state index contributed by atoms with van der Waals surface area (Å²) in [6.07, 6.45) is 4.41. The SMILES string of the molecule is CN1CCN(C(=O)C2C=CC(=O)N=C2)CC1. The van der Waals surface area contributed by atoms with Crippen LogP contribution in [0.4, 0.5) is 0 Å². The maximum atomic E-state index is 12.0. The summed E-state index contributed by atoms with van der Waals surface area (Å²) in [6.45, 7) is 3.30. The van der Waals surface area contributed by atoms with E-state index in [0.717, 1.165) is 26.2 Å². The first-order valence-electron chi connectivity index (χ1n) is 5.40. The zero-order valence-electron chi connectivity index (χ0n) is 9.30. The van der Waals surface area contributed by atoms with Crippen LogP contribution in [-0.4, -0.2) is 61.1 Å². The van der Waals surface area contributed by atoms with E-state index in [4.69, 9.17) is 0 Å². The Hall–Kier alpha value is -1.49. The maximum absolute atomic E-state index is 12.0.